The molecule has 1 rings (SSSR count). The number of carbonyl (C=O) groups excluding carboxylic acids is 2. The molecule has 0 aliphatic heterocycles. The highest BCUT2D eigenvalue weighted by Crippen LogP contribution is 2.27. The molecular formula is C13H11Cl2NO3. The van der Waals surface area contributed by atoms with Crippen molar-refractivity contribution in [3.8, 4) is 6.07 Å². The third-order valence-corrected chi connectivity index (χ3v) is 3.27. The van der Waals surface area contributed by atoms with Crippen LogP contribution in [0.2, 0.25) is 10.0 Å². The molecule has 0 amide bonds. The van der Waals surface area contributed by atoms with E-state index in [0.717, 1.165) is 0 Å². The van der Waals surface area contributed by atoms with Crippen molar-refractivity contribution in [1.82, 2.24) is 0 Å². The zero-order valence-corrected chi connectivity index (χ0v) is 11.7. The van der Waals surface area contributed by atoms with Crippen LogP contribution in [0.4, 0.5) is 0 Å². The molecule has 4 nitrogen and oxygen atoms in total. The number of hydrogen-bond acceptors (Lipinski definition) is 4. The molecule has 1 atom stereocenters. The molecule has 0 saturated heterocycles. The molecule has 0 aliphatic carbocycles. The first-order valence-electron chi connectivity index (χ1n) is 5.43. The van der Waals surface area contributed by atoms with Crippen molar-refractivity contribution in [2.24, 2.45) is 0 Å². The van der Waals surface area contributed by atoms with Crippen LogP contribution in [0.25, 0.3) is 0 Å². The fraction of sp³-hybridized carbons (Fsp3) is 0.308. The molecule has 19 heavy (non-hydrogen) atoms. The van der Waals surface area contributed by atoms with Crippen LogP contribution in [0, 0.1) is 11.3 Å². The summed E-state index contributed by atoms with van der Waals surface area (Å²) < 4.78 is 4.44. The van der Waals surface area contributed by atoms with Gasteiger partial charge in [0.15, 0.2) is 5.78 Å². The summed E-state index contributed by atoms with van der Waals surface area (Å²) in [5.41, 5.74) is 0.465. The minimum atomic E-state index is -0.959. The number of ketones is 1. The summed E-state index contributed by atoms with van der Waals surface area (Å²) in [5, 5.41) is 9.70. The van der Waals surface area contributed by atoms with Gasteiger partial charge in [0, 0.05) is 6.42 Å². The number of methoxy groups -OCH3 is 1. The monoisotopic (exact) mass is 299 g/mol. The normalized spacial score (nSPS) is 11.5. The molecule has 0 heterocycles. The lowest BCUT2D eigenvalue weighted by Crippen LogP contribution is -2.13. The quantitative estimate of drug-likeness (QED) is 0.783. The maximum atomic E-state index is 11.9. The van der Waals surface area contributed by atoms with Gasteiger partial charge < -0.3 is 4.74 Å². The largest absolute Gasteiger partial charge is 0.469 e. The Hall–Kier alpha value is -1.57. The number of benzene rings is 1. The summed E-state index contributed by atoms with van der Waals surface area (Å²) in [6.45, 7) is 0. The van der Waals surface area contributed by atoms with Gasteiger partial charge >= 0.3 is 5.97 Å². The van der Waals surface area contributed by atoms with E-state index >= 15 is 0 Å². The summed E-state index contributed by atoms with van der Waals surface area (Å²) in [7, 11) is 1.24. The van der Waals surface area contributed by atoms with E-state index in [1.165, 1.54) is 19.2 Å². The first kappa shape index (κ1) is 15.5. The Labute approximate surface area is 120 Å². The molecular weight excluding hydrogens is 289 g/mol. The van der Waals surface area contributed by atoms with Gasteiger partial charge in [0.2, 0.25) is 0 Å². The molecule has 0 saturated carbocycles. The molecule has 0 N–H and O–H groups in total. The van der Waals surface area contributed by atoms with Crippen LogP contribution in [0.15, 0.2) is 18.2 Å². The number of halogens is 2. The molecule has 0 bridgehead atoms. The van der Waals surface area contributed by atoms with Crippen LogP contribution in [0.5, 0.6) is 0 Å². The number of ether oxygens (including phenoxy) is 1. The SMILES string of the molecule is COC(=O)CCC(=O)C(C#N)c1ccc(Cl)c(Cl)c1. The van der Waals surface area contributed by atoms with Gasteiger partial charge in [-0.25, -0.2) is 0 Å². The van der Waals surface area contributed by atoms with Crippen molar-refractivity contribution < 1.29 is 14.3 Å². The summed E-state index contributed by atoms with van der Waals surface area (Å²) >= 11 is 11.6. The number of nitriles is 1. The minimum Gasteiger partial charge on any atom is -0.469 e. The van der Waals surface area contributed by atoms with E-state index in [2.05, 4.69) is 4.74 Å². The summed E-state index contributed by atoms with van der Waals surface area (Å²) in [6, 6.07) is 6.48. The number of rotatable bonds is 5. The van der Waals surface area contributed by atoms with Crippen LogP contribution in [-0.4, -0.2) is 18.9 Å². The van der Waals surface area contributed by atoms with E-state index in [0.29, 0.717) is 10.6 Å². The summed E-state index contributed by atoms with van der Waals surface area (Å²) in [4.78, 5) is 22.9. The smallest absolute Gasteiger partial charge is 0.305 e. The van der Waals surface area contributed by atoms with Crippen LogP contribution in [0.1, 0.15) is 24.3 Å². The Bertz CT molecular complexity index is 537. The van der Waals surface area contributed by atoms with Crippen molar-refractivity contribution in [2.75, 3.05) is 7.11 Å². The molecule has 0 spiro atoms. The van der Waals surface area contributed by atoms with Gasteiger partial charge in [0.1, 0.15) is 5.92 Å². The van der Waals surface area contributed by atoms with E-state index in [4.69, 9.17) is 28.5 Å². The van der Waals surface area contributed by atoms with Gasteiger partial charge in [-0.05, 0) is 17.7 Å². The van der Waals surface area contributed by atoms with Gasteiger partial charge in [0.25, 0.3) is 0 Å². The zero-order valence-electron chi connectivity index (χ0n) is 10.2. The van der Waals surface area contributed by atoms with Crippen molar-refractivity contribution in [3.05, 3.63) is 33.8 Å². The topological polar surface area (TPSA) is 67.2 Å². The standard InChI is InChI=1S/C13H11Cl2NO3/c1-19-13(18)5-4-12(17)9(7-16)8-2-3-10(14)11(15)6-8/h2-3,6,9H,4-5H2,1H3. The maximum absolute atomic E-state index is 11.9. The lowest BCUT2D eigenvalue weighted by molar-refractivity contribution is -0.141. The number of hydrogen-bond donors (Lipinski definition) is 0. The highest BCUT2D eigenvalue weighted by molar-refractivity contribution is 6.42. The second kappa shape index (κ2) is 7.13. The number of esters is 1. The van der Waals surface area contributed by atoms with Crippen LogP contribution in [0.3, 0.4) is 0 Å². The molecule has 1 unspecified atom stereocenters. The Morgan fingerprint density at radius 3 is 2.53 bits per heavy atom. The van der Waals surface area contributed by atoms with E-state index in [1.54, 1.807) is 6.07 Å². The maximum Gasteiger partial charge on any atom is 0.305 e. The van der Waals surface area contributed by atoms with E-state index in [1.807, 2.05) is 6.07 Å². The predicted octanol–water partition coefficient (Wildman–Crippen LogP) is 3.12. The minimum absolute atomic E-state index is 0.0468. The lowest BCUT2D eigenvalue weighted by Gasteiger charge is -2.09. The first-order chi connectivity index (χ1) is 8.99. The molecule has 6 heteroatoms. The summed E-state index contributed by atoms with van der Waals surface area (Å²) in [5.74, 6) is -1.80. The van der Waals surface area contributed by atoms with E-state index in [9.17, 15) is 9.59 Å². The average Bonchev–Trinajstić information content (AvgIpc) is 2.40. The highest BCUT2D eigenvalue weighted by atomic mass is 35.5. The number of Topliss-reactive ketones (excluding diaryl/α,β-unsaturated/α-hetero) is 1. The Balaban J connectivity index is 2.83. The van der Waals surface area contributed by atoms with E-state index < -0.39 is 11.9 Å². The Morgan fingerprint density at radius 2 is 2.00 bits per heavy atom. The van der Waals surface area contributed by atoms with Gasteiger partial charge in [-0.3, -0.25) is 9.59 Å². The van der Waals surface area contributed by atoms with Gasteiger partial charge in [-0.1, -0.05) is 29.3 Å². The number of nitrogens with zero attached hydrogens (tertiary/aromatic N) is 1. The van der Waals surface area contributed by atoms with Crippen molar-refractivity contribution >= 4 is 35.0 Å². The van der Waals surface area contributed by atoms with Crippen LogP contribution < -0.4 is 0 Å². The molecule has 0 aliphatic rings. The van der Waals surface area contributed by atoms with Gasteiger partial charge in [0.05, 0.1) is 29.6 Å². The molecule has 0 aromatic heterocycles. The third kappa shape index (κ3) is 4.23. The number of carbonyl (C=O) groups is 2. The van der Waals surface area contributed by atoms with E-state index in [-0.39, 0.29) is 23.6 Å². The fourth-order valence-corrected chi connectivity index (χ4v) is 1.80. The Morgan fingerprint density at radius 1 is 1.32 bits per heavy atom. The molecule has 100 valence electrons. The molecule has 0 radical (unpaired) electrons. The third-order valence-electron chi connectivity index (χ3n) is 2.53. The molecule has 1 aromatic carbocycles. The molecule has 1 aromatic rings. The van der Waals surface area contributed by atoms with Crippen molar-refractivity contribution in [1.29, 1.82) is 5.26 Å². The van der Waals surface area contributed by atoms with Gasteiger partial charge in [-0.2, -0.15) is 5.26 Å². The highest BCUT2D eigenvalue weighted by Gasteiger charge is 2.21. The molecule has 0 fully saturated rings. The first-order valence-corrected chi connectivity index (χ1v) is 6.19. The fourth-order valence-electron chi connectivity index (χ4n) is 1.50. The second-order valence-electron chi connectivity index (χ2n) is 3.78. The second-order valence-corrected chi connectivity index (χ2v) is 4.59. The lowest BCUT2D eigenvalue weighted by atomic mass is 9.93. The van der Waals surface area contributed by atoms with Crippen molar-refractivity contribution in [3.63, 3.8) is 0 Å². The van der Waals surface area contributed by atoms with Gasteiger partial charge in [-0.15, -0.1) is 0 Å². The zero-order chi connectivity index (χ0) is 14.4. The Kier molecular flexibility index (Phi) is 5.81. The van der Waals surface area contributed by atoms with Crippen LogP contribution in [-0.2, 0) is 14.3 Å². The average molecular weight is 300 g/mol. The van der Waals surface area contributed by atoms with Crippen molar-refractivity contribution in [2.45, 2.75) is 18.8 Å². The summed E-state index contributed by atoms with van der Waals surface area (Å²) in [6.07, 6.45) is -0.0972. The van der Waals surface area contributed by atoms with Crippen LogP contribution >= 0.6 is 23.2 Å². The predicted molar refractivity (Wildman–Crippen MR) is 71.1 cm³/mol.